The first kappa shape index (κ1) is 16.3. The summed E-state index contributed by atoms with van der Waals surface area (Å²) < 4.78 is 10.1. The highest BCUT2D eigenvalue weighted by Gasteiger charge is 2.36. The van der Waals surface area contributed by atoms with Crippen molar-refractivity contribution >= 4 is 11.9 Å². The van der Waals surface area contributed by atoms with E-state index >= 15 is 0 Å². The van der Waals surface area contributed by atoms with E-state index in [-0.39, 0.29) is 17.8 Å². The van der Waals surface area contributed by atoms with E-state index in [1.807, 2.05) is 13.0 Å². The summed E-state index contributed by atoms with van der Waals surface area (Å²) in [6, 6.07) is 1.93. The summed E-state index contributed by atoms with van der Waals surface area (Å²) in [6.07, 6.45) is 0.850. The van der Waals surface area contributed by atoms with Gasteiger partial charge in [-0.1, -0.05) is 19.0 Å². The van der Waals surface area contributed by atoms with Gasteiger partial charge in [0.2, 0.25) is 0 Å². The number of aliphatic imine (C=N–C) groups is 1. The lowest BCUT2D eigenvalue weighted by Gasteiger charge is -2.20. The molecule has 1 aromatic rings. The Morgan fingerprint density at radius 1 is 1.59 bits per heavy atom. The molecule has 2 rings (SSSR count). The van der Waals surface area contributed by atoms with Gasteiger partial charge in [-0.3, -0.25) is 9.79 Å². The fourth-order valence-corrected chi connectivity index (χ4v) is 2.70. The van der Waals surface area contributed by atoms with Crippen molar-refractivity contribution in [3.63, 3.8) is 0 Å². The third kappa shape index (κ3) is 3.58. The Kier molecular flexibility index (Phi) is 5.41. The molecule has 0 spiro atoms. The molecule has 0 aliphatic carbocycles. The van der Waals surface area contributed by atoms with Crippen molar-refractivity contribution < 1.29 is 14.1 Å². The van der Waals surface area contributed by atoms with Gasteiger partial charge in [0.05, 0.1) is 25.3 Å². The second kappa shape index (κ2) is 7.29. The average molecular weight is 308 g/mol. The summed E-state index contributed by atoms with van der Waals surface area (Å²) in [5.74, 6) is 1.50. The van der Waals surface area contributed by atoms with E-state index in [1.165, 1.54) is 7.11 Å². The van der Waals surface area contributed by atoms with Crippen LogP contribution in [-0.4, -0.2) is 49.2 Å². The highest BCUT2D eigenvalue weighted by molar-refractivity contribution is 5.82. The van der Waals surface area contributed by atoms with Gasteiger partial charge in [-0.25, -0.2) is 0 Å². The fourth-order valence-electron chi connectivity index (χ4n) is 2.70. The van der Waals surface area contributed by atoms with Crippen LogP contribution >= 0.6 is 0 Å². The molecule has 7 heteroatoms. The number of hydrogen-bond donors (Lipinski definition) is 1. The number of guanidine groups is 1. The minimum absolute atomic E-state index is 0.111. The lowest BCUT2D eigenvalue weighted by atomic mass is 9.99. The van der Waals surface area contributed by atoms with Crippen LogP contribution in [0.3, 0.4) is 0 Å². The first-order chi connectivity index (χ1) is 10.6. The smallest absolute Gasteiger partial charge is 0.310 e. The number of esters is 1. The molecule has 1 aromatic heterocycles. The van der Waals surface area contributed by atoms with E-state index in [4.69, 9.17) is 9.26 Å². The van der Waals surface area contributed by atoms with Crippen LogP contribution in [0.15, 0.2) is 15.6 Å². The van der Waals surface area contributed by atoms with Gasteiger partial charge in [0.25, 0.3) is 0 Å². The molecule has 1 saturated heterocycles. The van der Waals surface area contributed by atoms with Crippen LogP contribution in [-0.2, 0) is 22.5 Å². The number of aryl methyl sites for hydroxylation is 1. The number of hydrogen-bond acceptors (Lipinski definition) is 5. The quantitative estimate of drug-likeness (QED) is 0.509. The lowest BCUT2D eigenvalue weighted by molar-refractivity contribution is -0.145. The standard InChI is InChI=1S/C15H24N4O3/c1-5-11-6-12(22-18-11)7-17-15(16-3)19-8-10(2)13(9-19)14(20)21-4/h6,10,13H,5,7-9H2,1-4H3,(H,16,17). The molecule has 122 valence electrons. The number of methoxy groups -OCH3 is 1. The Labute approximate surface area is 130 Å². The maximum atomic E-state index is 11.8. The van der Waals surface area contributed by atoms with Crippen molar-refractivity contribution in [2.75, 3.05) is 27.2 Å². The number of nitrogens with zero attached hydrogens (tertiary/aromatic N) is 3. The number of ether oxygens (including phenoxy) is 1. The molecule has 2 heterocycles. The number of aromatic nitrogens is 1. The Morgan fingerprint density at radius 2 is 2.36 bits per heavy atom. The van der Waals surface area contributed by atoms with Gasteiger partial charge < -0.3 is 19.5 Å². The predicted molar refractivity (Wildman–Crippen MR) is 82.3 cm³/mol. The molecule has 1 N–H and O–H groups in total. The van der Waals surface area contributed by atoms with E-state index in [9.17, 15) is 4.79 Å². The van der Waals surface area contributed by atoms with Gasteiger partial charge in [-0.05, 0) is 12.3 Å². The highest BCUT2D eigenvalue weighted by atomic mass is 16.5. The number of rotatable bonds is 4. The molecule has 7 nitrogen and oxygen atoms in total. The van der Waals surface area contributed by atoms with E-state index in [1.54, 1.807) is 7.05 Å². The largest absolute Gasteiger partial charge is 0.469 e. The first-order valence-corrected chi connectivity index (χ1v) is 7.56. The third-order valence-corrected chi connectivity index (χ3v) is 4.02. The topological polar surface area (TPSA) is 80.0 Å². The van der Waals surface area contributed by atoms with Crippen molar-refractivity contribution in [3.8, 4) is 0 Å². The SMILES string of the molecule is CCc1cc(CNC(=NC)N2CC(C)C(C(=O)OC)C2)on1. The molecule has 1 fully saturated rings. The summed E-state index contributed by atoms with van der Waals surface area (Å²) in [6.45, 7) is 6.00. The van der Waals surface area contributed by atoms with Crippen LogP contribution in [0.2, 0.25) is 0 Å². The maximum absolute atomic E-state index is 11.8. The Bertz CT molecular complexity index is 541. The molecule has 0 amide bonds. The van der Waals surface area contributed by atoms with Crippen LogP contribution in [0.25, 0.3) is 0 Å². The molecule has 0 saturated carbocycles. The van der Waals surface area contributed by atoms with Crippen molar-refractivity contribution in [1.29, 1.82) is 0 Å². The van der Waals surface area contributed by atoms with E-state index < -0.39 is 0 Å². The Balaban J connectivity index is 1.93. The number of carbonyl (C=O) groups excluding carboxylic acids is 1. The fraction of sp³-hybridized carbons (Fsp3) is 0.667. The van der Waals surface area contributed by atoms with Crippen LogP contribution in [0.4, 0.5) is 0 Å². The molecule has 2 atom stereocenters. The molecular formula is C15H24N4O3. The molecule has 0 aromatic carbocycles. The van der Waals surface area contributed by atoms with Crippen molar-refractivity contribution in [2.45, 2.75) is 26.8 Å². The zero-order chi connectivity index (χ0) is 16.1. The molecule has 0 bridgehead atoms. The summed E-state index contributed by atoms with van der Waals surface area (Å²) in [4.78, 5) is 18.1. The van der Waals surface area contributed by atoms with Gasteiger partial charge in [0.1, 0.15) is 0 Å². The Morgan fingerprint density at radius 3 is 2.95 bits per heavy atom. The monoisotopic (exact) mass is 308 g/mol. The van der Waals surface area contributed by atoms with E-state index in [0.717, 1.165) is 30.4 Å². The number of nitrogens with one attached hydrogen (secondary N) is 1. The van der Waals surface area contributed by atoms with Gasteiger partial charge in [0, 0.05) is 26.2 Å². The first-order valence-electron chi connectivity index (χ1n) is 7.56. The summed E-state index contributed by atoms with van der Waals surface area (Å²) in [5, 5.41) is 7.22. The second-order valence-electron chi connectivity index (χ2n) is 5.55. The Hall–Kier alpha value is -2.05. The molecule has 2 unspecified atom stereocenters. The van der Waals surface area contributed by atoms with E-state index in [0.29, 0.717) is 13.1 Å². The van der Waals surface area contributed by atoms with E-state index in [2.05, 4.69) is 27.3 Å². The minimum atomic E-state index is -0.159. The van der Waals surface area contributed by atoms with Gasteiger partial charge in [-0.15, -0.1) is 0 Å². The maximum Gasteiger partial charge on any atom is 0.310 e. The molecule has 1 aliphatic heterocycles. The lowest BCUT2D eigenvalue weighted by Crippen LogP contribution is -2.40. The molecule has 22 heavy (non-hydrogen) atoms. The van der Waals surface area contributed by atoms with Crippen LogP contribution in [0.5, 0.6) is 0 Å². The highest BCUT2D eigenvalue weighted by Crippen LogP contribution is 2.24. The van der Waals surface area contributed by atoms with Crippen LogP contribution in [0.1, 0.15) is 25.3 Å². The summed E-state index contributed by atoms with van der Waals surface area (Å²) in [5.41, 5.74) is 0.937. The van der Waals surface area contributed by atoms with Gasteiger partial charge in [0.15, 0.2) is 11.7 Å². The van der Waals surface area contributed by atoms with Crippen molar-refractivity contribution in [1.82, 2.24) is 15.4 Å². The second-order valence-corrected chi connectivity index (χ2v) is 5.55. The molecule has 1 aliphatic rings. The minimum Gasteiger partial charge on any atom is -0.469 e. The molecular weight excluding hydrogens is 284 g/mol. The number of likely N-dealkylation sites (tertiary alicyclic amines) is 1. The van der Waals surface area contributed by atoms with Crippen LogP contribution in [0, 0.1) is 11.8 Å². The number of carbonyl (C=O) groups is 1. The van der Waals surface area contributed by atoms with Gasteiger partial charge in [-0.2, -0.15) is 0 Å². The normalized spacial score (nSPS) is 22.0. The average Bonchev–Trinajstić information content (AvgIpc) is 3.14. The van der Waals surface area contributed by atoms with Crippen LogP contribution < -0.4 is 5.32 Å². The van der Waals surface area contributed by atoms with Crippen molar-refractivity contribution in [2.24, 2.45) is 16.8 Å². The van der Waals surface area contributed by atoms with Crippen molar-refractivity contribution in [3.05, 3.63) is 17.5 Å². The predicted octanol–water partition coefficient (Wildman–Crippen LogP) is 1.05. The zero-order valence-electron chi connectivity index (χ0n) is 13.6. The third-order valence-electron chi connectivity index (χ3n) is 4.02. The summed E-state index contributed by atoms with van der Waals surface area (Å²) >= 11 is 0. The summed E-state index contributed by atoms with van der Waals surface area (Å²) in [7, 11) is 3.16. The zero-order valence-corrected chi connectivity index (χ0v) is 13.6. The molecule has 0 radical (unpaired) electrons. The van der Waals surface area contributed by atoms with Gasteiger partial charge >= 0.3 is 5.97 Å².